The van der Waals surface area contributed by atoms with Crippen LogP contribution in [0.4, 0.5) is 0 Å². The molecule has 1 N–H and O–H groups in total. The van der Waals surface area contributed by atoms with Crippen LogP contribution in [0.15, 0.2) is 6.33 Å². The molecule has 18 heavy (non-hydrogen) atoms. The lowest BCUT2D eigenvalue weighted by Crippen LogP contribution is -2.41. The Morgan fingerprint density at radius 1 is 1.50 bits per heavy atom. The summed E-state index contributed by atoms with van der Waals surface area (Å²) in [5.41, 5.74) is 0.212. The van der Waals surface area contributed by atoms with Gasteiger partial charge in [-0.15, -0.1) is 0 Å². The van der Waals surface area contributed by atoms with Crippen LogP contribution in [0.3, 0.4) is 0 Å². The number of H-pyrrole nitrogens is 1. The Morgan fingerprint density at radius 3 is 2.89 bits per heavy atom. The highest BCUT2D eigenvalue weighted by Crippen LogP contribution is 2.10. The zero-order valence-electron chi connectivity index (χ0n) is 10.1. The summed E-state index contributed by atoms with van der Waals surface area (Å²) in [7, 11) is 0. The second kappa shape index (κ2) is 5.63. The first-order valence-electron chi connectivity index (χ1n) is 5.81. The second-order valence-electron chi connectivity index (χ2n) is 3.75. The molecule has 0 radical (unpaired) electrons. The maximum absolute atomic E-state index is 12.2. The number of amides is 1. The number of morpholine rings is 1. The summed E-state index contributed by atoms with van der Waals surface area (Å²) in [5, 5.41) is 0. The Labute approximate surface area is 104 Å². The van der Waals surface area contributed by atoms with E-state index in [-0.39, 0.29) is 23.9 Å². The average molecular weight is 253 g/mol. The lowest BCUT2D eigenvalue weighted by molar-refractivity contribution is 0.0294. The molecule has 7 nitrogen and oxygen atoms in total. The van der Waals surface area contributed by atoms with Crippen LogP contribution in [-0.2, 0) is 9.47 Å². The first-order valence-corrected chi connectivity index (χ1v) is 5.81. The van der Waals surface area contributed by atoms with Gasteiger partial charge in [-0.1, -0.05) is 0 Å². The molecule has 1 amide bonds. The van der Waals surface area contributed by atoms with Crippen molar-refractivity contribution < 1.29 is 19.1 Å². The zero-order valence-corrected chi connectivity index (χ0v) is 10.1. The number of imidazole rings is 1. The third-order valence-electron chi connectivity index (χ3n) is 2.62. The number of hydrogen-bond acceptors (Lipinski definition) is 5. The molecule has 1 saturated heterocycles. The smallest absolute Gasteiger partial charge is 0.357 e. The summed E-state index contributed by atoms with van der Waals surface area (Å²) in [6, 6.07) is 0. The molecule has 2 rings (SSSR count). The maximum Gasteiger partial charge on any atom is 0.357 e. The monoisotopic (exact) mass is 253 g/mol. The molecule has 0 unspecified atom stereocenters. The van der Waals surface area contributed by atoms with Crippen LogP contribution in [0.5, 0.6) is 0 Å². The number of carbonyl (C=O) groups excluding carboxylic acids is 2. The highest BCUT2D eigenvalue weighted by Gasteiger charge is 2.26. The van der Waals surface area contributed by atoms with Gasteiger partial charge >= 0.3 is 5.97 Å². The molecule has 1 fully saturated rings. The van der Waals surface area contributed by atoms with Crippen molar-refractivity contribution in [2.24, 2.45) is 0 Å². The summed E-state index contributed by atoms with van der Waals surface area (Å²) >= 11 is 0. The van der Waals surface area contributed by atoms with Gasteiger partial charge in [0.1, 0.15) is 0 Å². The van der Waals surface area contributed by atoms with Crippen LogP contribution in [-0.4, -0.2) is 59.7 Å². The average Bonchev–Trinajstić information content (AvgIpc) is 2.88. The SMILES string of the molecule is CCOC(=O)c1[nH]cnc1C(=O)N1CCOCC1. The Kier molecular flexibility index (Phi) is 3.93. The standard InChI is InChI=1S/C11H15N3O4/c1-2-18-11(16)9-8(12-7-13-9)10(15)14-3-5-17-6-4-14/h7H,2-6H2,1H3,(H,12,13). The molecule has 1 aromatic heterocycles. The van der Waals surface area contributed by atoms with Crippen LogP contribution in [0, 0.1) is 0 Å². The predicted molar refractivity (Wildman–Crippen MR) is 61.3 cm³/mol. The number of carbonyl (C=O) groups is 2. The number of nitrogens with one attached hydrogen (secondary N) is 1. The summed E-state index contributed by atoms with van der Waals surface area (Å²) in [6.07, 6.45) is 1.32. The molecule has 0 aromatic carbocycles. The van der Waals surface area contributed by atoms with E-state index in [0.29, 0.717) is 26.3 Å². The molecule has 0 bridgehead atoms. The number of ether oxygens (including phenoxy) is 2. The molecule has 1 aliphatic rings. The van der Waals surface area contributed by atoms with Gasteiger partial charge in [-0.3, -0.25) is 4.79 Å². The van der Waals surface area contributed by atoms with Crippen LogP contribution >= 0.6 is 0 Å². The maximum atomic E-state index is 12.2. The van der Waals surface area contributed by atoms with Crippen molar-refractivity contribution in [1.82, 2.24) is 14.9 Å². The van der Waals surface area contributed by atoms with Crippen molar-refractivity contribution in [3.63, 3.8) is 0 Å². The quantitative estimate of drug-likeness (QED) is 0.770. The van der Waals surface area contributed by atoms with Crippen molar-refractivity contribution >= 4 is 11.9 Å². The Balaban J connectivity index is 2.15. The fourth-order valence-electron chi connectivity index (χ4n) is 1.73. The van der Waals surface area contributed by atoms with Gasteiger partial charge in [0, 0.05) is 13.1 Å². The third kappa shape index (κ3) is 2.51. The largest absolute Gasteiger partial charge is 0.461 e. The number of aromatic amines is 1. The summed E-state index contributed by atoms with van der Waals surface area (Å²) in [6.45, 7) is 3.98. The van der Waals surface area contributed by atoms with Gasteiger partial charge in [0.2, 0.25) is 0 Å². The van der Waals surface area contributed by atoms with Crippen molar-refractivity contribution in [1.29, 1.82) is 0 Å². The molecule has 98 valence electrons. The van der Waals surface area contributed by atoms with Crippen molar-refractivity contribution in [3.05, 3.63) is 17.7 Å². The van der Waals surface area contributed by atoms with Gasteiger partial charge in [-0.25, -0.2) is 9.78 Å². The first-order chi connectivity index (χ1) is 8.74. The molecular weight excluding hydrogens is 238 g/mol. The van der Waals surface area contributed by atoms with Gasteiger partial charge in [0.15, 0.2) is 11.4 Å². The van der Waals surface area contributed by atoms with Crippen LogP contribution < -0.4 is 0 Å². The van der Waals surface area contributed by atoms with E-state index in [1.165, 1.54) is 6.33 Å². The fraction of sp³-hybridized carbons (Fsp3) is 0.545. The van der Waals surface area contributed by atoms with Gasteiger partial charge in [0.25, 0.3) is 5.91 Å². The zero-order chi connectivity index (χ0) is 13.0. The highest BCUT2D eigenvalue weighted by molar-refractivity contribution is 6.02. The first kappa shape index (κ1) is 12.6. The number of hydrogen-bond donors (Lipinski definition) is 1. The number of esters is 1. The second-order valence-corrected chi connectivity index (χ2v) is 3.75. The van der Waals surface area contributed by atoms with E-state index in [2.05, 4.69) is 9.97 Å². The highest BCUT2D eigenvalue weighted by atomic mass is 16.5. The number of nitrogens with zero attached hydrogens (tertiary/aromatic N) is 2. The van der Waals surface area contributed by atoms with Crippen molar-refractivity contribution in [2.75, 3.05) is 32.9 Å². The molecular formula is C11H15N3O4. The fourth-order valence-corrected chi connectivity index (χ4v) is 1.73. The van der Waals surface area contributed by atoms with E-state index in [1.54, 1.807) is 11.8 Å². The van der Waals surface area contributed by atoms with E-state index in [4.69, 9.17) is 9.47 Å². The summed E-state index contributed by atoms with van der Waals surface area (Å²) in [5.74, 6) is -0.839. The number of rotatable bonds is 3. The lowest BCUT2D eigenvalue weighted by Gasteiger charge is -2.26. The van der Waals surface area contributed by atoms with Crippen LogP contribution in [0.2, 0.25) is 0 Å². The normalized spacial score (nSPS) is 15.5. The minimum atomic E-state index is -0.563. The van der Waals surface area contributed by atoms with E-state index in [1.807, 2.05) is 0 Å². The van der Waals surface area contributed by atoms with Gasteiger partial charge < -0.3 is 19.4 Å². The topological polar surface area (TPSA) is 84.5 Å². The molecule has 0 aliphatic carbocycles. The molecule has 1 aliphatic heterocycles. The van der Waals surface area contributed by atoms with Crippen LogP contribution in [0.25, 0.3) is 0 Å². The van der Waals surface area contributed by atoms with Gasteiger partial charge in [0.05, 0.1) is 26.1 Å². The predicted octanol–water partition coefficient (Wildman–Crippen LogP) is 0.0588. The van der Waals surface area contributed by atoms with Gasteiger partial charge in [-0.2, -0.15) is 0 Å². The Morgan fingerprint density at radius 2 is 2.22 bits per heavy atom. The summed E-state index contributed by atoms with van der Waals surface area (Å²) in [4.78, 5) is 32.0. The minimum absolute atomic E-state index is 0.105. The molecule has 1 aromatic rings. The van der Waals surface area contributed by atoms with Crippen molar-refractivity contribution in [2.45, 2.75) is 6.92 Å². The molecule has 0 spiro atoms. The lowest BCUT2D eigenvalue weighted by atomic mass is 10.2. The Bertz CT molecular complexity index is 437. The van der Waals surface area contributed by atoms with Crippen molar-refractivity contribution in [3.8, 4) is 0 Å². The molecule has 7 heteroatoms. The van der Waals surface area contributed by atoms with E-state index in [0.717, 1.165) is 0 Å². The molecule has 0 atom stereocenters. The van der Waals surface area contributed by atoms with Gasteiger partial charge in [-0.05, 0) is 6.92 Å². The van der Waals surface area contributed by atoms with E-state index in [9.17, 15) is 9.59 Å². The van der Waals surface area contributed by atoms with E-state index >= 15 is 0 Å². The van der Waals surface area contributed by atoms with Crippen LogP contribution in [0.1, 0.15) is 27.9 Å². The number of aromatic nitrogens is 2. The minimum Gasteiger partial charge on any atom is -0.461 e. The van der Waals surface area contributed by atoms with E-state index < -0.39 is 5.97 Å². The summed E-state index contributed by atoms with van der Waals surface area (Å²) < 4.78 is 10.0. The molecule has 2 heterocycles. The third-order valence-corrected chi connectivity index (χ3v) is 2.62. The molecule has 0 saturated carbocycles. The Hall–Kier alpha value is -1.89.